The third-order valence-electron chi connectivity index (χ3n) is 3.07. The van der Waals surface area contributed by atoms with Crippen LogP contribution in [-0.4, -0.2) is 19.3 Å². The number of hydrogen-bond acceptors (Lipinski definition) is 3. The summed E-state index contributed by atoms with van der Waals surface area (Å²) in [6.45, 7) is 0. The number of hydrogen-bond donors (Lipinski definition) is 1. The second kappa shape index (κ2) is 6.75. The van der Waals surface area contributed by atoms with Crippen LogP contribution >= 0.6 is 34.8 Å². The lowest BCUT2D eigenvalue weighted by Gasteiger charge is -2.18. The predicted molar refractivity (Wildman–Crippen MR) is 85.1 cm³/mol. The first-order chi connectivity index (χ1) is 9.99. The van der Waals surface area contributed by atoms with E-state index < -0.39 is 6.10 Å². The van der Waals surface area contributed by atoms with Gasteiger partial charge in [0.05, 0.1) is 19.2 Å². The number of aliphatic hydroxyl groups excluding tert-OH is 1. The normalized spacial score (nSPS) is 12.1. The Kier molecular flexibility index (Phi) is 5.22. The maximum Gasteiger partial charge on any atom is 0.162 e. The van der Waals surface area contributed by atoms with E-state index in [4.69, 9.17) is 44.3 Å². The van der Waals surface area contributed by atoms with E-state index in [0.717, 1.165) is 0 Å². The molecule has 21 heavy (non-hydrogen) atoms. The molecule has 0 aliphatic carbocycles. The molecule has 112 valence electrons. The molecule has 0 amide bonds. The molecule has 0 radical (unpaired) electrons. The zero-order chi connectivity index (χ0) is 15.6. The minimum absolute atomic E-state index is 0.330. The van der Waals surface area contributed by atoms with Crippen LogP contribution in [0.4, 0.5) is 0 Å². The van der Waals surface area contributed by atoms with Gasteiger partial charge in [0.1, 0.15) is 6.10 Å². The zero-order valence-corrected chi connectivity index (χ0v) is 13.6. The van der Waals surface area contributed by atoms with Gasteiger partial charge in [0.25, 0.3) is 0 Å². The lowest BCUT2D eigenvalue weighted by atomic mass is 10.0. The van der Waals surface area contributed by atoms with Crippen LogP contribution in [-0.2, 0) is 0 Å². The highest BCUT2D eigenvalue weighted by molar-refractivity contribution is 6.36. The van der Waals surface area contributed by atoms with E-state index >= 15 is 0 Å². The summed E-state index contributed by atoms with van der Waals surface area (Å²) in [6, 6.07) is 8.19. The largest absolute Gasteiger partial charge is 0.493 e. The first-order valence-corrected chi connectivity index (χ1v) is 7.16. The van der Waals surface area contributed by atoms with Gasteiger partial charge in [0, 0.05) is 27.2 Å². The van der Waals surface area contributed by atoms with Gasteiger partial charge in [-0.1, -0.05) is 40.9 Å². The average Bonchev–Trinajstić information content (AvgIpc) is 2.46. The molecule has 0 saturated carbocycles. The van der Waals surface area contributed by atoms with E-state index in [9.17, 15) is 5.11 Å². The number of benzene rings is 2. The van der Waals surface area contributed by atoms with Gasteiger partial charge in [-0.05, 0) is 18.2 Å². The van der Waals surface area contributed by atoms with Crippen molar-refractivity contribution in [3.05, 3.63) is 56.5 Å². The monoisotopic (exact) mass is 346 g/mol. The molecular weight excluding hydrogens is 335 g/mol. The number of rotatable bonds is 4. The number of halogens is 3. The molecule has 1 unspecified atom stereocenters. The van der Waals surface area contributed by atoms with Crippen molar-refractivity contribution in [3.8, 4) is 11.5 Å². The quantitative estimate of drug-likeness (QED) is 0.867. The second-order valence-electron chi connectivity index (χ2n) is 4.27. The third-order valence-corrected chi connectivity index (χ3v) is 4.06. The van der Waals surface area contributed by atoms with Crippen LogP contribution in [0.1, 0.15) is 17.2 Å². The van der Waals surface area contributed by atoms with Crippen molar-refractivity contribution in [2.45, 2.75) is 6.10 Å². The Hall–Kier alpha value is -1.13. The van der Waals surface area contributed by atoms with Crippen molar-refractivity contribution in [1.82, 2.24) is 0 Å². The summed E-state index contributed by atoms with van der Waals surface area (Å²) in [5, 5.41) is 11.6. The van der Waals surface area contributed by atoms with E-state index in [0.29, 0.717) is 37.7 Å². The smallest absolute Gasteiger partial charge is 0.162 e. The minimum atomic E-state index is -1.07. The number of ether oxygens (including phenoxy) is 2. The summed E-state index contributed by atoms with van der Waals surface area (Å²) in [7, 11) is 3.01. The lowest BCUT2D eigenvalue weighted by Crippen LogP contribution is -2.04. The summed E-state index contributed by atoms with van der Waals surface area (Å²) >= 11 is 18.4. The maximum absolute atomic E-state index is 10.6. The Labute approximate surface area is 138 Å². The molecule has 1 N–H and O–H groups in total. The van der Waals surface area contributed by atoms with Crippen LogP contribution in [0.3, 0.4) is 0 Å². The summed E-state index contributed by atoms with van der Waals surface area (Å²) < 4.78 is 10.4. The van der Waals surface area contributed by atoms with E-state index in [2.05, 4.69) is 0 Å². The molecule has 2 aromatic rings. The fourth-order valence-electron chi connectivity index (χ4n) is 2.01. The Bertz CT molecular complexity index is 639. The Balaban J connectivity index is 2.56. The van der Waals surface area contributed by atoms with Gasteiger partial charge in [-0.3, -0.25) is 0 Å². The molecule has 0 saturated heterocycles. The first kappa shape index (κ1) is 16.2. The van der Waals surface area contributed by atoms with Crippen molar-refractivity contribution in [3.63, 3.8) is 0 Å². The summed E-state index contributed by atoms with van der Waals surface area (Å²) in [5.74, 6) is 0.933. The van der Waals surface area contributed by atoms with Crippen LogP contribution in [0.15, 0.2) is 30.3 Å². The van der Waals surface area contributed by atoms with Crippen molar-refractivity contribution >= 4 is 34.8 Å². The Morgan fingerprint density at radius 3 is 1.95 bits per heavy atom. The molecule has 3 nitrogen and oxygen atoms in total. The van der Waals surface area contributed by atoms with Gasteiger partial charge in [-0.2, -0.15) is 0 Å². The van der Waals surface area contributed by atoms with Crippen molar-refractivity contribution in [2.24, 2.45) is 0 Å². The Morgan fingerprint density at radius 1 is 0.905 bits per heavy atom. The highest BCUT2D eigenvalue weighted by Crippen LogP contribution is 2.41. The van der Waals surface area contributed by atoms with Crippen LogP contribution in [0.25, 0.3) is 0 Å². The summed E-state index contributed by atoms with van der Waals surface area (Å²) in [6.07, 6.45) is -1.07. The van der Waals surface area contributed by atoms with Crippen molar-refractivity contribution in [2.75, 3.05) is 14.2 Å². The van der Waals surface area contributed by atoms with Crippen molar-refractivity contribution < 1.29 is 14.6 Å². The Morgan fingerprint density at radius 2 is 1.43 bits per heavy atom. The number of methoxy groups -OCH3 is 2. The topological polar surface area (TPSA) is 38.7 Å². The summed E-state index contributed by atoms with van der Waals surface area (Å²) in [4.78, 5) is 0. The van der Waals surface area contributed by atoms with Gasteiger partial charge in [-0.15, -0.1) is 0 Å². The third kappa shape index (κ3) is 3.22. The molecular formula is C15H13Cl3O3. The number of aliphatic hydroxyl groups is 1. The van der Waals surface area contributed by atoms with Gasteiger partial charge >= 0.3 is 0 Å². The standard InChI is InChI=1S/C15H13Cl3O3/c1-20-12-6-8(11(18)7-13(12)21-2)15(19)14-9(16)4-3-5-10(14)17/h3-7,15,19H,1-2H3. The molecule has 6 heteroatoms. The molecule has 2 aromatic carbocycles. The molecule has 0 bridgehead atoms. The van der Waals surface area contributed by atoms with Crippen molar-refractivity contribution in [1.29, 1.82) is 0 Å². The zero-order valence-electron chi connectivity index (χ0n) is 11.4. The molecule has 1 atom stereocenters. The second-order valence-corrected chi connectivity index (χ2v) is 5.49. The molecule has 0 aliphatic heterocycles. The van der Waals surface area contributed by atoms with Gasteiger partial charge in [0.15, 0.2) is 11.5 Å². The van der Waals surface area contributed by atoms with Crippen LogP contribution in [0.2, 0.25) is 15.1 Å². The fourth-order valence-corrected chi connectivity index (χ4v) is 2.87. The molecule has 0 heterocycles. The minimum Gasteiger partial charge on any atom is -0.493 e. The molecule has 0 spiro atoms. The molecule has 0 fully saturated rings. The van der Waals surface area contributed by atoms with Gasteiger partial charge < -0.3 is 14.6 Å². The van der Waals surface area contributed by atoms with E-state index in [1.807, 2.05) is 0 Å². The predicted octanol–water partition coefficient (Wildman–Crippen LogP) is 4.75. The van der Waals surface area contributed by atoms with Gasteiger partial charge in [-0.25, -0.2) is 0 Å². The molecule has 0 aromatic heterocycles. The lowest BCUT2D eigenvalue weighted by molar-refractivity contribution is 0.220. The first-order valence-electron chi connectivity index (χ1n) is 6.03. The fraction of sp³-hybridized carbons (Fsp3) is 0.200. The maximum atomic E-state index is 10.6. The highest BCUT2D eigenvalue weighted by Gasteiger charge is 2.22. The van der Waals surface area contributed by atoms with Gasteiger partial charge in [0.2, 0.25) is 0 Å². The summed E-state index contributed by atoms with van der Waals surface area (Å²) in [5.41, 5.74) is 0.833. The van der Waals surface area contributed by atoms with E-state index in [1.54, 1.807) is 30.3 Å². The van der Waals surface area contributed by atoms with Crippen LogP contribution in [0.5, 0.6) is 11.5 Å². The van der Waals surface area contributed by atoms with Crippen LogP contribution in [0, 0.1) is 0 Å². The molecule has 2 rings (SSSR count). The van der Waals surface area contributed by atoms with Crippen LogP contribution < -0.4 is 9.47 Å². The average molecular weight is 348 g/mol. The van der Waals surface area contributed by atoms with E-state index in [1.165, 1.54) is 14.2 Å². The SMILES string of the molecule is COc1cc(Cl)c(C(O)c2c(Cl)cccc2Cl)cc1OC. The highest BCUT2D eigenvalue weighted by atomic mass is 35.5. The van der Waals surface area contributed by atoms with E-state index in [-0.39, 0.29) is 0 Å². The molecule has 0 aliphatic rings.